The van der Waals surface area contributed by atoms with Gasteiger partial charge in [-0.1, -0.05) is 24.3 Å². The van der Waals surface area contributed by atoms with E-state index in [-0.39, 0.29) is 5.41 Å². The van der Waals surface area contributed by atoms with Crippen LogP contribution in [-0.2, 0) is 18.3 Å². The predicted octanol–water partition coefficient (Wildman–Crippen LogP) is 5.25. The summed E-state index contributed by atoms with van der Waals surface area (Å²) in [7, 11) is 1.78. The lowest BCUT2D eigenvalue weighted by atomic mass is 9.58. The molecule has 2 heterocycles. The topological polar surface area (TPSA) is 28.3 Å². The van der Waals surface area contributed by atoms with E-state index in [0.29, 0.717) is 5.92 Å². The number of aromatic amines is 1. The molecule has 0 radical (unpaired) electrons. The number of nitrogens with zero attached hydrogens (tertiary/aromatic N) is 1. The molecule has 1 saturated heterocycles. The second-order valence-corrected chi connectivity index (χ2v) is 10.00. The van der Waals surface area contributed by atoms with Crippen LogP contribution in [-0.4, -0.2) is 36.6 Å². The molecule has 0 bridgehead atoms. The van der Waals surface area contributed by atoms with Crippen molar-refractivity contribution in [3.8, 4) is 5.75 Å². The molecule has 2 fully saturated rings. The Morgan fingerprint density at radius 2 is 2.03 bits per heavy atom. The molecular formula is C27H32N2O. The number of hydrogen-bond donors (Lipinski definition) is 1. The van der Waals surface area contributed by atoms with Crippen molar-refractivity contribution in [3.63, 3.8) is 0 Å². The number of aryl methyl sites for hydroxylation is 1. The van der Waals surface area contributed by atoms with E-state index >= 15 is 0 Å². The highest BCUT2D eigenvalue weighted by Crippen LogP contribution is 2.50. The Kier molecular flexibility index (Phi) is 4.24. The van der Waals surface area contributed by atoms with Crippen LogP contribution in [0.25, 0.3) is 10.9 Å². The SMILES string of the molecule is COc1cccc([C@]23CCN(CC4CC4)CC2Cc2c([nH]c4cccc(C)c24)C3)c1. The average Bonchev–Trinajstić information content (AvgIpc) is 3.50. The lowest BCUT2D eigenvalue weighted by Gasteiger charge is -2.51. The number of piperidine rings is 1. The van der Waals surface area contributed by atoms with Gasteiger partial charge in [-0.05, 0) is 92.3 Å². The van der Waals surface area contributed by atoms with Gasteiger partial charge >= 0.3 is 0 Å². The maximum absolute atomic E-state index is 5.62. The molecule has 2 atom stereocenters. The number of fused-ring (bicyclic) bond motifs is 4. The Hall–Kier alpha value is -2.26. The molecule has 3 heteroatoms. The highest BCUT2D eigenvalue weighted by molar-refractivity contribution is 5.88. The van der Waals surface area contributed by atoms with Crippen LogP contribution in [0, 0.1) is 18.8 Å². The molecule has 156 valence electrons. The maximum atomic E-state index is 5.62. The minimum Gasteiger partial charge on any atom is -0.497 e. The molecule has 0 amide bonds. The largest absolute Gasteiger partial charge is 0.497 e. The second-order valence-electron chi connectivity index (χ2n) is 10.00. The fourth-order valence-electron chi connectivity index (χ4n) is 6.38. The Balaban J connectivity index is 1.45. The quantitative estimate of drug-likeness (QED) is 0.648. The van der Waals surface area contributed by atoms with Crippen LogP contribution in [0.3, 0.4) is 0 Å². The fourth-order valence-corrected chi connectivity index (χ4v) is 6.38. The Labute approximate surface area is 179 Å². The molecule has 1 saturated carbocycles. The van der Waals surface area contributed by atoms with Crippen molar-refractivity contribution in [3.05, 3.63) is 64.8 Å². The number of nitrogens with one attached hydrogen (secondary N) is 1. The van der Waals surface area contributed by atoms with E-state index < -0.39 is 0 Å². The zero-order valence-corrected chi connectivity index (χ0v) is 18.2. The van der Waals surface area contributed by atoms with Crippen LogP contribution < -0.4 is 4.74 Å². The number of benzene rings is 2. The van der Waals surface area contributed by atoms with Crippen LogP contribution in [0.1, 0.15) is 41.6 Å². The van der Waals surface area contributed by atoms with Crippen molar-refractivity contribution in [2.24, 2.45) is 11.8 Å². The first-order valence-corrected chi connectivity index (χ1v) is 11.6. The van der Waals surface area contributed by atoms with Crippen LogP contribution in [0.2, 0.25) is 0 Å². The first-order valence-electron chi connectivity index (χ1n) is 11.6. The minimum absolute atomic E-state index is 0.205. The van der Waals surface area contributed by atoms with Gasteiger partial charge in [0.2, 0.25) is 0 Å². The lowest BCUT2D eigenvalue weighted by Crippen LogP contribution is -2.54. The third-order valence-electron chi connectivity index (χ3n) is 8.16. The number of H-pyrrole nitrogens is 1. The van der Waals surface area contributed by atoms with Crippen LogP contribution in [0.5, 0.6) is 5.75 Å². The average molecular weight is 401 g/mol. The first kappa shape index (κ1) is 18.5. The van der Waals surface area contributed by atoms with E-state index in [4.69, 9.17) is 4.74 Å². The molecule has 3 aromatic rings. The number of hydrogen-bond acceptors (Lipinski definition) is 2. The van der Waals surface area contributed by atoms with E-state index in [2.05, 4.69) is 59.3 Å². The van der Waals surface area contributed by atoms with E-state index in [1.165, 1.54) is 73.0 Å². The fraction of sp³-hybridized carbons (Fsp3) is 0.481. The van der Waals surface area contributed by atoms with Gasteiger partial charge in [0.25, 0.3) is 0 Å². The summed E-state index contributed by atoms with van der Waals surface area (Å²) in [6, 6.07) is 15.6. The molecule has 3 nitrogen and oxygen atoms in total. The van der Waals surface area contributed by atoms with Gasteiger partial charge in [0, 0.05) is 35.1 Å². The molecule has 2 aromatic carbocycles. The van der Waals surface area contributed by atoms with Crippen molar-refractivity contribution in [1.82, 2.24) is 9.88 Å². The van der Waals surface area contributed by atoms with Crippen molar-refractivity contribution >= 4 is 10.9 Å². The summed E-state index contributed by atoms with van der Waals surface area (Å²) in [5, 5.41) is 1.48. The Bertz CT molecular complexity index is 1100. The number of likely N-dealkylation sites (tertiary alicyclic amines) is 1. The van der Waals surface area contributed by atoms with Crippen LogP contribution in [0.4, 0.5) is 0 Å². The zero-order chi connectivity index (χ0) is 20.3. The van der Waals surface area contributed by atoms with Crippen molar-refractivity contribution in [1.29, 1.82) is 0 Å². The summed E-state index contributed by atoms with van der Waals surface area (Å²) in [6.07, 6.45) is 6.41. The van der Waals surface area contributed by atoms with Gasteiger partial charge in [0.15, 0.2) is 0 Å². The monoisotopic (exact) mass is 400 g/mol. The molecule has 6 rings (SSSR count). The molecule has 1 aromatic heterocycles. The molecule has 1 N–H and O–H groups in total. The van der Waals surface area contributed by atoms with Gasteiger partial charge in [0.1, 0.15) is 5.75 Å². The van der Waals surface area contributed by atoms with Crippen molar-refractivity contribution in [2.45, 2.75) is 44.4 Å². The third kappa shape index (κ3) is 2.90. The molecule has 3 aliphatic rings. The normalized spacial score (nSPS) is 26.4. The number of aromatic nitrogens is 1. The highest BCUT2D eigenvalue weighted by Gasteiger charge is 2.48. The number of rotatable bonds is 4. The van der Waals surface area contributed by atoms with Gasteiger partial charge in [-0.3, -0.25) is 0 Å². The van der Waals surface area contributed by atoms with Gasteiger partial charge in [-0.2, -0.15) is 0 Å². The number of methoxy groups -OCH3 is 1. The summed E-state index contributed by atoms with van der Waals surface area (Å²) in [6.45, 7) is 6.02. The van der Waals surface area contributed by atoms with Gasteiger partial charge in [0.05, 0.1) is 7.11 Å². The smallest absolute Gasteiger partial charge is 0.119 e. The molecule has 2 aliphatic carbocycles. The summed E-state index contributed by atoms with van der Waals surface area (Å²) in [5.74, 6) is 2.60. The summed E-state index contributed by atoms with van der Waals surface area (Å²) < 4.78 is 5.62. The first-order chi connectivity index (χ1) is 14.7. The standard InChI is InChI=1S/C27H32N2O/c1-18-5-3-8-24-26(18)23-14-21-17-29(16-19-9-10-19)12-11-27(21,15-25(23)28-24)20-6-4-7-22(13-20)30-2/h3-8,13,19,21,28H,9-12,14-17H2,1-2H3/t21?,27-/m1/s1. The maximum Gasteiger partial charge on any atom is 0.119 e. The van der Waals surface area contributed by atoms with E-state index in [0.717, 1.165) is 18.1 Å². The van der Waals surface area contributed by atoms with Gasteiger partial charge in [-0.15, -0.1) is 0 Å². The molecule has 1 unspecified atom stereocenters. The van der Waals surface area contributed by atoms with Crippen LogP contribution >= 0.6 is 0 Å². The minimum atomic E-state index is 0.205. The van der Waals surface area contributed by atoms with Gasteiger partial charge < -0.3 is 14.6 Å². The second kappa shape index (κ2) is 6.88. The van der Waals surface area contributed by atoms with Crippen molar-refractivity contribution < 1.29 is 4.74 Å². The molecule has 30 heavy (non-hydrogen) atoms. The molecular weight excluding hydrogens is 368 g/mol. The zero-order valence-electron chi connectivity index (χ0n) is 18.2. The summed E-state index contributed by atoms with van der Waals surface area (Å²) in [5.41, 5.74) is 7.45. The van der Waals surface area contributed by atoms with E-state index in [1.807, 2.05) is 0 Å². The van der Waals surface area contributed by atoms with Crippen molar-refractivity contribution in [2.75, 3.05) is 26.7 Å². The molecule has 1 aliphatic heterocycles. The van der Waals surface area contributed by atoms with Gasteiger partial charge in [-0.25, -0.2) is 0 Å². The highest BCUT2D eigenvalue weighted by atomic mass is 16.5. The molecule has 0 spiro atoms. The Morgan fingerprint density at radius 3 is 2.87 bits per heavy atom. The summed E-state index contributed by atoms with van der Waals surface area (Å²) >= 11 is 0. The number of ether oxygens (including phenoxy) is 1. The van der Waals surface area contributed by atoms with Crippen LogP contribution in [0.15, 0.2) is 42.5 Å². The third-order valence-corrected chi connectivity index (χ3v) is 8.16. The lowest BCUT2D eigenvalue weighted by molar-refractivity contribution is 0.0783. The van der Waals surface area contributed by atoms with E-state index in [9.17, 15) is 0 Å². The predicted molar refractivity (Wildman–Crippen MR) is 122 cm³/mol. The van der Waals surface area contributed by atoms with E-state index in [1.54, 1.807) is 12.7 Å². The Morgan fingerprint density at radius 1 is 1.17 bits per heavy atom. The summed E-state index contributed by atoms with van der Waals surface area (Å²) in [4.78, 5) is 6.59.